The molecule has 0 saturated heterocycles. The molecule has 0 aliphatic carbocycles. The number of carbonyl (C=O) groups excluding carboxylic acids is 2. The van der Waals surface area contributed by atoms with Crippen molar-refractivity contribution in [2.24, 2.45) is 0 Å². The monoisotopic (exact) mass is 365 g/mol. The number of hydrogen-bond acceptors (Lipinski definition) is 6. The lowest BCUT2D eigenvalue weighted by molar-refractivity contribution is -0.127. The van der Waals surface area contributed by atoms with Crippen molar-refractivity contribution in [1.29, 1.82) is 0 Å². The molecule has 0 radical (unpaired) electrons. The summed E-state index contributed by atoms with van der Waals surface area (Å²) in [5.74, 6) is -0.128. The van der Waals surface area contributed by atoms with Crippen molar-refractivity contribution in [3.63, 3.8) is 0 Å². The van der Waals surface area contributed by atoms with Crippen molar-refractivity contribution in [1.82, 2.24) is 25.0 Å². The number of H-pyrrole nitrogens is 1. The third-order valence-corrected chi connectivity index (χ3v) is 4.99. The molecule has 134 valence electrons. The van der Waals surface area contributed by atoms with E-state index in [-0.39, 0.29) is 30.6 Å². The highest BCUT2D eigenvalue weighted by molar-refractivity contribution is 7.13. The fourth-order valence-electron chi connectivity index (χ4n) is 2.72. The lowest BCUT2D eigenvalue weighted by Gasteiger charge is -2.34. The first-order chi connectivity index (χ1) is 12.0. The van der Waals surface area contributed by atoms with Gasteiger partial charge >= 0.3 is 5.69 Å². The Labute approximate surface area is 147 Å². The maximum Gasteiger partial charge on any atom is 0.343 e. The van der Waals surface area contributed by atoms with Gasteiger partial charge < -0.3 is 15.0 Å². The van der Waals surface area contributed by atoms with E-state index in [0.717, 1.165) is 4.88 Å². The summed E-state index contributed by atoms with van der Waals surface area (Å²) in [5, 5.41) is 9.04. The molecule has 0 saturated carbocycles. The Balaban J connectivity index is 1.87. The van der Waals surface area contributed by atoms with E-state index in [1.54, 1.807) is 13.2 Å². The highest BCUT2D eigenvalue weighted by Gasteiger charge is 2.37. The predicted octanol–water partition coefficient (Wildman–Crippen LogP) is -0.271. The van der Waals surface area contributed by atoms with Crippen LogP contribution in [-0.4, -0.2) is 57.8 Å². The molecule has 3 rings (SSSR count). The van der Waals surface area contributed by atoms with Crippen LogP contribution in [0.15, 0.2) is 16.9 Å². The van der Waals surface area contributed by atoms with Gasteiger partial charge in [-0.2, -0.15) is 5.10 Å². The number of nitrogens with zero attached hydrogens (tertiary/aromatic N) is 3. The maximum atomic E-state index is 12.9. The van der Waals surface area contributed by atoms with Gasteiger partial charge in [0.05, 0.1) is 24.6 Å². The first-order valence-corrected chi connectivity index (χ1v) is 8.61. The van der Waals surface area contributed by atoms with Crippen LogP contribution in [0.5, 0.6) is 0 Å². The van der Waals surface area contributed by atoms with Gasteiger partial charge in [-0.1, -0.05) is 0 Å². The SMILES string of the molecule is COCCNC(=O)C1Cn2c(n[nH]c2=O)CN1C(=O)c1ccc(C)s1. The van der Waals surface area contributed by atoms with Crippen molar-refractivity contribution in [2.45, 2.75) is 26.1 Å². The number of rotatable bonds is 5. The molecule has 2 aromatic rings. The zero-order valence-electron chi connectivity index (χ0n) is 13.9. The molecule has 0 fully saturated rings. The number of amides is 2. The Morgan fingerprint density at radius 2 is 2.28 bits per heavy atom. The molecule has 0 spiro atoms. The second kappa shape index (κ2) is 7.19. The fourth-order valence-corrected chi connectivity index (χ4v) is 3.54. The number of aromatic nitrogens is 3. The van der Waals surface area contributed by atoms with Gasteiger partial charge in [-0.05, 0) is 19.1 Å². The number of nitrogens with one attached hydrogen (secondary N) is 2. The Kier molecular flexibility index (Phi) is 5.00. The lowest BCUT2D eigenvalue weighted by Crippen LogP contribution is -2.55. The summed E-state index contributed by atoms with van der Waals surface area (Å²) in [6.45, 7) is 2.78. The van der Waals surface area contributed by atoms with Crippen LogP contribution in [0.1, 0.15) is 20.4 Å². The molecule has 0 aromatic carbocycles. The minimum Gasteiger partial charge on any atom is -0.383 e. The molecule has 10 heteroatoms. The normalized spacial score (nSPS) is 16.6. The number of methoxy groups -OCH3 is 1. The summed E-state index contributed by atoms with van der Waals surface area (Å²) < 4.78 is 6.32. The molecule has 25 heavy (non-hydrogen) atoms. The summed E-state index contributed by atoms with van der Waals surface area (Å²) >= 11 is 1.37. The quantitative estimate of drug-likeness (QED) is 0.709. The first kappa shape index (κ1) is 17.4. The van der Waals surface area contributed by atoms with E-state index in [9.17, 15) is 14.4 Å². The van der Waals surface area contributed by atoms with E-state index in [0.29, 0.717) is 23.9 Å². The zero-order chi connectivity index (χ0) is 18.0. The number of fused-ring (bicyclic) bond motifs is 1. The van der Waals surface area contributed by atoms with Gasteiger partial charge in [0.15, 0.2) is 5.82 Å². The number of ether oxygens (including phenoxy) is 1. The van der Waals surface area contributed by atoms with Crippen molar-refractivity contribution in [3.05, 3.63) is 38.2 Å². The van der Waals surface area contributed by atoms with E-state index in [4.69, 9.17) is 4.74 Å². The van der Waals surface area contributed by atoms with Crippen molar-refractivity contribution < 1.29 is 14.3 Å². The third-order valence-electron chi connectivity index (χ3n) is 4.00. The van der Waals surface area contributed by atoms with Crippen LogP contribution < -0.4 is 11.0 Å². The van der Waals surface area contributed by atoms with E-state index in [2.05, 4.69) is 15.5 Å². The number of aromatic amines is 1. The van der Waals surface area contributed by atoms with E-state index in [1.807, 2.05) is 13.0 Å². The molecular weight excluding hydrogens is 346 g/mol. The Bertz CT molecular complexity index is 839. The molecule has 0 bridgehead atoms. The molecule has 9 nitrogen and oxygen atoms in total. The molecule has 1 aliphatic rings. The molecule has 1 atom stereocenters. The number of thiophene rings is 1. The van der Waals surface area contributed by atoms with Crippen LogP contribution in [0, 0.1) is 6.92 Å². The van der Waals surface area contributed by atoms with Gasteiger partial charge in [-0.25, -0.2) is 9.89 Å². The van der Waals surface area contributed by atoms with Crippen molar-refractivity contribution in [2.75, 3.05) is 20.3 Å². The van der Waals surface area contributed by atoms with Crippen LogP contribution in [-0.2, 0) is 22.6 Å². The van der Waals surface area contributed by atoms with Crippen molar-refractivity contribution in [3.8, 4) is 0 Å². The lowest BCUT2D eigenvalue weighted by atomic mass is 10.1. The van der Waals surface area contributed by atoms with Crippen molar-refractivity contribution >= 4 is 23.2 Å². The standard InChI is InChI=1S/C15H19N5O4S/c1-9-3-4-11(25-9)14(22)19-8-12-17-18-15(23)20(12)7-10(19)13(21)16-5-6-24-2/h3-4,10H,5-8H2,1-2H3,(H,16,21)(H,18,23). The topological polar surface area (TPSA) is 109 Å². The molecule has 1 unspecified atom stereocenters. The molecule has 2 N–H and O–H groups in total. The average Bonchev–Trinajstić information content (AvgIpc) is 3.19. The maximum absolute atomic E-state index is 12.9. The van der Waals surface area contributed by atoms with Gasteiger partial charge in [0, 0.05) is 18.5 Å². The van der Waals surface area contributed by atoms with Gasteiger partial charge in [-0.15, -0.1) is 11.3 Å². The van der Waals surface area contributed by atoms with E-state index < -0.39 is 6.04 Å². The van der Waals surface area contributed by atoms with E-state index in [1.165, 1.54) is 20.8 Å². The Hall–Kier alpha value is -2.46. The molecule has 1 aliphatic heterocycles. The van der Waals surface area contributed by atoms with Gasteiger partial charge in [0.1, 0.15) is 6.04 Å². The van der Waals surface area contributed by atoms with Gasteiger partial charge in [-0.3, -0.25) is 14.2 Å². The summed E-state index contributed by atoms with van der Waals surface area (Å²) in [5.41, 5.74) is -0.385. The number of hydrogen-bond donors (Lipinski definition) is 2. The molecule has 2 aromatic heterocycles. The fraction of sp³-hybridized carbons (Fsp3) is 0.467. The summed E-state index contributed by atoms with van der Waals surface area (Å²) in [4.78, 5) is 40.3. The largest absolute Gasteiger partial charge is 0.383 e. The predicted molar refractivity (Wildman–Crippen MR) is 90.5 cm³/mol. The smallest absolute Gasteiger partial charge is 0.343 e. The van der Waals surface area contributed by atoms with Crippen LogP contribution in [0.3, 0.4) is 0 Å². The minimum absolute atomic E-state index is 0.0690. The summed E-state index contributed by atoms with van der Waals surface area (Å²) in [6.07, 6.45) is 0. The average molecular weight is 365 g/mol. The van der Waals surface area contributed by atoms with Crippen LogP contribution >= 0.6 is 11.3 Å². The Morgan fingerprint density at radius 3 is 2.96 bits per heavy atom. The molecular formula is C15H19N5O4S. The van der Waals surface area contributed by atoms with Gasteiger partial charge in [0.25, 0.3) is 5.91 Å². The summed E-state index contributed by atoms with van der Waals surface area (Å²) in [7, 11) is 1.54. The highest BCUT2D eigenvalue weighted by atomic mass is 32.1. The van der Waals surface area contributed by atoms with Crippen LogP contribution in [0.2, 0.25) is 0 Å². The Morgan fingerprint density at radius 1 is 1.48 bits per heavy atom. The second-order valence-electron chi connectivity index (χ2n) is 5.70. The summed E-state index contributed by atoms with van der Waals surface area (Å²) in [6, 6.07) is 2.82. The second-order valence-corrected chi connectivity index (χ2v) is 6.99. The minimum atomic E-state index is -0.783. The molecule has 2 amide bonds. The van der Waals surface area contributed by atoms with E-state index >= 15 is 0 Å². The first-order valence-electron chi connectivity index (χ1n) is 7.79. The highest BCUT2D eigenvalue weighted by Crippen LogP contribution is 2.22. The number of carbonyl (C=O) groups is 2. The zero-order valence-corrected chi connectivity index (χ0v) is 14.8. The molecule has 3 heterocycles. The van der Waals surface area contributed by atoms with Crippen LogP contribution in [0.4, 0.5) is 0 Å². The van der Waals surface area contributed by atoms with Crippen LogP contribution in [0.25, 0.3) is 0 Å². The third kappa shape index (κ3) is 3.49. The van der Waals surface area contributed by atoms with Gasteiger partial charge in [0.2, 0.25) is 5.91 Å². The number of aryl methyl sites for hydroxylation is 1.